The number of hydrogen-bond acceptors (Lipinski definition) is 3. The first-order valence-electron chi connectivity index (χ1n) is 5.96. The highest BCUT2D eigenvalue weighted by atomic mass is 79.9. The maximum atomic E-state index is 12.0. The van der Waals surface area contributed by atoms with Crippen molar-refractivity contribution in [3.05, 3.63) is 0 Å². The predicted octanol–water partition coefficient (Wildman–Crippen LogP) is 1.15. The summed E-state index contributed by atoms with van der Waals surface area (Å²) in [6.07, 6.45) is 0.712. The number of hydrogen-bond donors (Lipinski definition) is 0. The van der Waals surface area contributed by atoms with Gasteiger partial charge in [0.2, 0.25) is 0 Å². The van der Waals surface area contributed by atoms with Crippen molar-refractivity contribution in [2.24, 2.45) is 35.5 Å². The summed E-state index contributed by atoms with van der Waals surface area (Å²) in [5.41, 5.74) is -0.107. The SMILES string of the molecule is CC(=O)OC12C3C4CC(=O)C5(Br)C3C1C5C42. The Morgan fingerprint density at radius 1 is 1.31 bits per heavy atom. The molecule has 0 heterocycles. The van der Waals surface area contributed by atoms with E-state index in [0.717, 1.165) is 0 Å². The van der Waals surface area contributed by atoms with Crippen LogP contribution < -0.4 is 0 Å². The topological polar surface area (TPSA) is 43.4 Å². The van der Waals surface area contributed by atoms with E-state index < -0.39 is 0 Å². The van der Waals surface area contributed by atoms with Crippen LogP contribution in [0.15, 0.2) is 0 Å². The minimum absolute atomic E-state index is 0.107. The number of alkyl halides is 1. The highest BCUT2D eigenvalue weighted by molar-refractivity contribution is 9.10. The van der Waals surface area contributed by atoms with Crippen molar-refractivity contribution in [1.82, 2.24) is 0 Å². The first kappa shape index (κ1) is 8.67. The largest absolute Gasteiger partial charge is 0.458 e. The molecule has 2 bridgehead atoms. The summed E-state index contributed by atoms with van der Waals surface area (Å²) in [7, 11) is 0. The summed E-state index contributed by atoms with van der Waals surface area (Å²) in [6.45, 7) is 1.50. The Morgan fingerprint density at radius 2 is 1.94 bits per heavy atom. The monoisotopic (exact) mass is 282 g/mol. The quantitative estimate of drug-likeness (QED) is 0.535. The fourth-order valence-corrected chi connectivity index (χ4v) is 7.43. The van der Waals surface area contributed by atoms with Crippen LogP contribution in [-0.2, 0) is 14.3 Å². The van der Waals surface area contributed by atoms with Crippen LogP contribution in [0.3, 0.4) is 0 Å². The number of esters is 1. The van der Waals surface area contributed by atoms with Crippen LogP contribution in [0.5, 0.6) is 0 Å². The van der Waals surface area contributed by atoms with Crippen LogP contribution in [0, 0.1) is 35.5 Å². The van der Waals surface area contributed by atoms with Crippen LogP contribution in [0.2, 0.25) is 0 Å². The van der Waals surface area contributed by atoms with Crippen molar-refractivity contribution in [2.75, 3.05) is 0 Å². The van der Waals surface area contributed by atoms with Gasteiger partial charge in [-0.1, -0.05) is 15.9 Å². The molecule has 16 heavy (non-hydrogen) atoms. The van der Waals surface area contributed by atoms with E-state index in [1.165, 1.54) is 6.92 Å². The number of rotatable bonds is 1. The second kappa shape index (κ2) is 1.92. The van der Waals surface area contributed by atoms with Crippen LogP contribution in [-0.4, -0.2) is 21.7 Å². The Morgan fingerprint density at radius 3 is 2.50 bits per heavy atom. The second-order valence-corrected chi connectivity index (χ2v) is 7.45. The molecule has 0 aromatic rings. The van der Waals surface area contributed by atoms with Gasteiger partial charge in [-0.15, -0.1) is 0 Å². The molecule has 0 aromatic heterocycles. The number of ether oxygens (including phenoxy) is 1. The molecule has 0 aliphatic heterocycles. The summed E-state index contributed by atoms with van der Waals surface area (Å²) in [6, 6.07) is 0. The zero-order valence-corrected chi connectivity index (χ0v) is 10.4. The number of carbonyl (C=O) groups is 2. The molecule has 0 N–H and O–H groups in total. The smallest absolute Gasteiger partial charge is 0.303 e. The molecule has 6 saturated carbocycles. The highest BCUT2D eigenvalue weighted by Gasteiger charge is 3.02. The Balaban J connectivity index is 1.60. The molecule has 6 aliphatic rings. The van der Waals surface area contributed by atoms with Crippen LogP contribution in [0.4, 0.5) is 0 Å². The molecule has 4 unspecified atom stereocenters. The molecular formula is C12H11BrO3. The first-order chi connectivity index (χ1) is 7.54. The van der Waals surface area contributed by atoms with Crippen molar-refractivity contribution >= 4 is 27.7 Å². The van der Waals surface area contributed by atoms with Crippen LogP contribution >= 0.6 is 15.9 Å². The summed E-state index contributed by atoms with van der Waals surface area (Å²) in [5, 5.41) is 0. The van der Waals surface area contributed by atoms with E-state index in [-0.39, 0.29) is 15.9 Å². The molecule has 6 rings (SSSR count). The van der Waals surface area contributed by atoms with Crippen molar-refractivity contribution in [2.45, 2.75) is 23.3 Å². The van der Waals surface area contributed by atoms with Gasteiger partial charge in [-0.2, -0.15) is 0 Å². The molecule has 4 heteroatoms. The van der Waals surface area contributed by atoms with Crippen molar-refractivity contribution in [1.29, 1.82) is 0 Å². The van der Waals surface area contributed by atoms with Crippen molar-refractivity contribution in [3.8, 4) is 0 Å². The van der Waals surface area contributed by atoms with Gasteiger partial charge < -0.3 is 4.74 Å². The fraction of sp³-hybridized carbons (Fsp3) is 0.833. The molecule has 6 fully saturated rings. The Labute approximate surface area is 101 Å². The van der Waals surface area contributed by atoms with Gasteiger partial charge in [-0.05, 0) is 17.8 Å². The third-order valence-corrected chi connectivity index (χ3v) is 7.67. The van der Waals surface area contributed by atoms with Gasteiger partial charge >= 0.3 is 5.97 Å². The van der Waals surface area contributed by atoms with Crippen LogP contribution in [0.25, 0.3) is 0 Å². The van der Waals surface area contributed by atoms with Gasteiger partial charge in [0.25, 0.3) is 0 Å². The lowest BCUT2D eigenvalue weighted by atomic mass is 9.09. The third-order valence-electron chi connectivity index (χ3n) is 6.17. The van der Waals surface area contributed by atoms with E-state index in [2.05, 4.69) is 15.9 Å². The van der Waals surface area contributed by atoms with Gasteiger partial charge in [0.1, 0.15) is 11.4 Å². The van der Waals surface area contributed by atoms with E-state index in [0.29, 0.717) is 47.7 Å². The van der Waals surface area contributed by atoms with Crippen molar-refractivity contribution < 1.29 is 14.3 Å². The molecule has 4 atom stereocenters. The van der Waals surface area contributed by atoms with Crippen LogP contribution in [0.1, 0.15) is 13.3 Å². The zero-order valence-electron chi connectivity index (χ0n) is 8.77. The zero-order chi connectivity index (χ0) is 11.0. The summed E-state index contributed by atoms with van der Waals surface area (Å²) >= 11 is 3.70. The minimum atomic E-state index is -0.205. The van der Waals surface area contributed by atoms with E-state index in [1.807, 2.05) is 0 Å². The second-order valence-electron chi connectivity index (χ2n) is 6.14. The Kier molecular flexibility index (Phi) is 1.04. The average Bonchev–Trinajstić information content (AvgIpc) is 2.21. The Hall–Kier alpha value is -0.380. The summed E-state index contributed by atoms with van der Waals surface area (Å²) < 4.78 is 5.39. The van der Waals surface area contributed by atoms with Gasteiger partial charge in [0, 0.05) is 31.1 Å². The van der Waals surface area contributed by atoms with Gasteiger partial charge in [0.15, 0.2) is 0 Å². The lowest BCUT2D eigenvalue weighted by Crippen LogP contribution is -3.05. The molecule has 3 nitrogen and oxygen atoms in total. The average molecular weight is 283 g/mol. The van der Waals surface area contributed by atoms with Gasteiger partial charge in [0.05, 0.1) is 4.32 Å². The molecule has 0 amide bonds. The van der Waals surface area contributed by atoms with E-state index >= 15 is 0 Å². The minimum Gasteiger partial charge on any atom is -0.458 e. The summed E-state index contributed by atoms with van der Waals surface area (Å²) in [5.74, 6) is 3.25. The number of carbonyl (C=O) groups excluding carboxylic acids is 2. The van der Waals surface area contributed by atoms with E-state index in [1.54, 1.807) is 0 Å². The van der Waals surface area contributed by atoms with E-state index in [9.17, 15) is 9.59 Å². The molecule has 84 valence electrons. The summed E-state index contributed by atoms with van der Waals surface area (Å²) in [4.78, 5) is 23.1. The lowest BCUT2D eigenvalue weighted by Gasteiger charge is -2.97. The highest BCUT2D eigenvalue weighted by Crippen LogP contribution is 2.96. The number of Topliss-reactive ketones (excluding diaryl/α,β-unsaturated/α-hetero) is 1. The normalized spacial score (nSPS) is 70.5. The molecule has 6 aliphatic carbocycles. The number of halogens is 1. The molecular weight excluding hydrogens is 272 g/mol. The van der Waals surface area contributed by atoms with Gasteiger partial charge in [-0.25, -0.2) is 0 Å². The van der Waals surface area contributed by atoms with Crippen molar-refractivity contribution in [3.63, 3.8) is 0 Å². The molecule has 0 saturated heterocycles. The fourth-order valence-electron chi connectivity index (χ4n) is 6.13. The molecule has 0 aromatic carbocycles. The number of ketones is 1. The predicted molar refractivity (Wildman–Crippen MR) is 56.7 cm³/mol. The van der Waals surface area contributed by atoms with E-state index in [4.69, 9.17) is 4.74 Å². The number of fused-ring (bicyclic) bond motifs is 1. The molecule has 0 spiro atoms. The maximum Gasteiger partial charge on any atom is 0.303 e. The third kappa shape index (κ3) is 0.461. The Bertz CT molecular complexity index is 465. The molecule has 0 radical (unpaired) electrons. The van der Waals surface area contributed by atoms with Gasteiger partial charge in [-0.3, -0.25) is 9.59 Å². The standard InChI is InChI=1S/C12H11BrO3/c1-3(14)16-12-6-4-2-5(15)11(13)8(6)10(12)9(11)7(4)12/h4,6-10H,2H2,1H3. The maximum absolute atomic E-state index is 12.0. The lowest BCUT2D eigenvalue weighted by molar-refractivity contribution is -0.501. The first-order valence-corrected chi connectivity index (χ1v) is 6.75.